The molecule has 0 aromatic carbocycles. The van der Waals surface area contributed by atoms with Crippen LogP contribution in [-0.2, 0) is 0 Å². The summed E-state index contributed by atoms with van der Waals surface area (Å²) in [6, 6.07) is 9.41. The highest BCUT2D eigenvalue weighted by Gasteiger charge is 2.29. The largest absolute Gasteiger partial charge is 0.330 e. The van der Waals surface area contributed by atoms with Crippen LogP contribution in [0.5, 0.6) is 0 Å². The van der Waals surface area contributed by atoms with Crippen molar-refractivity contribution in [3.63, 3.8) is 0 Å². The zero-order chi connectivity index (χ0) is 17.1. The van der Waals surface area contributed by atoms with Crippen molar-refractivity contribution in [2.24, 2.45) is 0 Å². The number of hydrogen-bond acceptors (Lipinski definition) is 5. The molecule has 0 bridgehead atoms. The van der Waals surface area contributed by atoms with E-state index in [1.165, 1.54) is 0 Å². The van der Waals surface area contributed by atoms with Crippen LogP contribution in [0.2, 0.25) is 0 Å². The number of nitrogens with zero attached hydrogens (tertiary/aromatic N) is 6. The minimum atomic E-state index is -0.0523. The number of likely N-dealkylation sites (tertiary alicyclic amines) is 1. The van der Waals surface area contributed by atoms with Gasteiger partial charge in [0.05, 0.1) is 6.04 Å². The number of carbonyl (C=O) groups excluding carboxylic acids is 1. The maximum Gasteiger partial charge on any atom is 0.273 e. The van der Waals surface area contributed by atoms with E-state index in [2.05, 4.69) is 20.2 Å². The minimum Gasteiger partial charge on any atom is -0.330 e. The lowest BCUT2D eigenvalue weighted by atomic mass is 9.96. The van der Waals surface area contributed by atoms with Gasteiger partial charge in [-0.05, 0) is 43.0 Å². The summed E-state index contributed by atoms with van der Waals surface area (Å²) in [7, 11) is 0. The molecule has 0 radical (unpaired) electrons. The lowest BCUT2D eigenvalue weighted by Crippen LogP contribution is -2.39. The van der Waals surface area contributed by atoms with Crippen molar-refractivity contribution in [2.45, 2.75) is 25.3 Å². The Morgan fingerprint density at radius 3 is 2.76 bits per heavy atom. The maximum atomic E-state index is 13.1. The molecule has 3 aromatic rings. The summed E-state index contributed by atoms with van der Waals surface area (Å²) in [5.41, 5.74) is 1.51. The van der Waals surface area contributed by atoms with Gasteiger partial charge in [-0.25, -0.2) is 4.98 Å². The van der Waals surface area contributed by atoms with E-state index in [9.17, 15) is 4.79 Å². The van der Waals surface area contributed by atoms with Crippen molar-refractivity contribution < 1.29 is 4.79 Å². The van der Waals surface area contributed by atoms with E-state index in [-0.39, 0.29) is 11.9 Å². The molecule has 7 heteroatoms. The molecule has 0 aliphatic carbocycles. The smallest absolute Gasteiger partial charge is 0.273 e. The van der Waals surface area contributed by atoms with Gasteiger partial charge in [0.2, 0.25) is 0 Å². The first-order valence-electron chi connectivity index (χ1n) is 8.36. The Balaban J connectivity index is 1.64. The van der Waals surface area contributed by atoms with Crippen LogP contribution in [0.3, 0.4) is 0 Å². The van der Waals surface area contributed by atoms with Gasteiger partial charge in [0, 0.05) is 18.9 Å². The molecule has 1 aliphatic rings. The summed E-state index contributed by atoms with van der Waals surface area (Å²) in [6.45, 7) is 0.733. The average molecular weight is 334 g/mol. The van der Waals surface area contributed by atoms with E-state index in [4.69, 9.17) is 0 Å². The molecule has 1 unspecified atom stereocenters. The van der Waals surface area contributed by atoms with E-state index in [1.54, 1.807) is 29.5 Å². The van der Waals surface area contributed by atoms with Crippen molar-refractivity contribution in [3.8, 4) is 5.82 Å². The third-order valence-electron chi connectivity index (χ3n) is 4.47. The zero-order valence-electron chi connectivity index (χ0n) is 13.7. The Bertz CT molecular complexity index is 849. The number of rotatable bonds is 3. The molecule has 126 valence electrons. The first kappa shape index (κ1) is 15.4. The normalized spacial score (nSPS) is 17.4. The van der Waals surface area contributed by atoms with Crippen LogP contribution >= 0.6 is 0 Å². The molecule has 1 fully saturated rings. The SMILES string of the molecule is O=C(c1cccc(-n2cnnc2)n1)N1CCCCC1c1cccnc1. The van der Waals surface area contributed by atoms with E-state index in [0.29, 0.717) is 11.5 Å². The van der Waals surface area contributed by atoms with Gasteiger partial charge >= 0.3 is 0 Å². The number of aromatic nitrogens is 5. The summed E-state index contributed by atoms with van der Waals surface area (Å²) in [6.07, 6.45) is 9.79. The second kappa shape index (κ2) is 6.80. The second-order valence-corrected chi connectivity index (χ2v) is 6.05. The summed E-state index contributed by atoms with van der Waals surface area (Å²) in [5, 5.41) is 7.57. The molecule has 1 saturated heterocycles. The van der Waals surface area contributed by atoms with E-state index >= 15 is 0 Å². The summed E-state index contributed by atoms with van der Waals surface area (Å²) in [4.78, 5) is 23.7. The number of carbonyl (C=O) groups is 1. The van der Waals surface area contributed by atoms with E-state index in [0.717, 1.165) is 31.4 Å². The lowest BCUT2D eigenvalue weighted by molar-refractivity contribution is 0.0605. The van der Waals surface area contributed by atoms with Crippen molar-refractivity contribution >= 4 is 5.91 Å². The predicted molar refractivity (Wildman–Crippen MR) is 91.0 cm³/mol. The van der Waals surface area contributed by atoms with Crippen LogP contribution in [0.25, 0.3) is 5.82 Å². The lowest BCUT2D eigenvalue weighted by Gasteiger charge is -2.35. The Morgan fingerprint density at radius 2 is 1.96 bits per heavy atom. The average Bonchev–Trinajstić information content (AvgIpc) is 3.23. The molecule has 0 spiro atoms. The van der Waals surface area contributed by atoms with Crippen LogP contribution in [0.1, 0.15) is 41.4 Å². The first-order chi connectivity index (χ1) is 12.3. The van der Waals surface area contributed by atoms with Gasteiger partial charge in [-0.3, -0.25) is 14.3 Å². The Labute approximate surface area is 145 Å². The molecule has 0 saturated carbocycles. The standard InChI is InChI=1S/C18H18N6O/c25-18(15-6-3-8-17(22-15)23-12-20-21-13-23)24-10-2-1-7-16(24)14-5-4-9-19-11-14/h3-6,8-9,11-13,16H,1-2,7,10H2. The molecule has 1 amide bonds. The second-order valence-electron chi connectivity index (χ2n) is 6.05. The van der Waals surface area contributed by atoms with E-state index in [1.807, 2.05) is 35.4 Å². The molecule has 1 aliphatic heterocycles. The van der Waals surface area contributed by atoms with Gasteiger partial charge < -0.3 is 4.90 Å². The van der Waals surface area contributed by atoms with Crippen LogP contribution in [-0.4, -0.2) is 42.1 Å². The van der Waals surface area contributed by atoms with Gasteiger partial charge in [0.1, 0.15) is 24.2 Å². The quantitative estimate of drug-likeness (QED) is 0.735. The monoisotopic (exact) mass is 334 g/mol. The number of hydrogen-bond donors (Lipinski definition) is 0. The highest BCUT2D eigenvalue weighted by molar-refractivity contribution is 5.92. The Hall–Kier alpha value is -3.09. The third-order valence-corrected chi connectivity index (χ3v) is 4.47. The van der Waals surface area contributed by atoms with Gasteiger partial charge in [-0.2, -0.15) is 0 Å². The fraction of sp³-hybridized carbons (Fsp3) is 0.278. The van der Waals surface area contributed by atoms with Gasteiger partial charge in [-0.15, -0.1) is 10.2 Å². The molecular weight excluding hydrogens is 316 g/mol. The van der Waals surface area contributed by atoms with Gasteiger partial charge in [0.15, 0.2) is 0 Å². The van der Waals surface area contributed by atoms with Crippen molar-refractivity contribution in [1.29, 1.82) is 0 Å². The molecule has 3 aromatic heterocycles. The fourth-order valence-corrected chi connectivity index (χ4v) is 3.25. The van der Waals surface area contributed by atoms with Crippen molar-refractivity contribution in [1.82, 2.24) is 29.6 Å². The van der Waals surface area contributed by atoms with Crippen molar-refractivity contribution in [3.05, 3.63) is 66.6 Å². The first-order valence-corrected chi connectivity index (χ1v) is 8.36. The summed E-state index contributed by atoms with van der Waals surface area (Å²) in [5.74, 6) is 0.578. The number of amides is 1. The molecular formula is C18H18N6O. The molecule has 4 heterocycles. The van der Waals surface area contributed by atoms with Crippen LogP contribution in [0.15, 0.2) is 55.4 Å². The summed E-state index contributed by atoms with van der Waals surface area (Å²) < 4.78 is 1.69. The molecule has 1 atom stereocenters. The topological polar surface area (TPSA) is 76.8 Å². The highest BCUT2D eigenvalue weighted by Crippen LogP contribution is 2.31. The fourth-order valence-electron chi connectivity index (χ4n) is 3.25. The molecule has 4 rings (SSSR count). The van der Waals surface area contributed by atoms with Crippen LogP contribution in [0.4, 0.5) is 0 Å². The Kier molecular flexibility index (Phi) is 4.20. The highest BCUT2D eigenvalue weighted by atomic mass is 16.2. The molecule has 25 heavy (non-hydrogen) atoms. The summed E-state index contributed by atoms with van der Waals surface area (Å²) >= 11 is 0. The van der Waals surface area contributed by atoms with Crippen LogP contribution in [0, 0.1) is 0 Å². The van der Waals surface area contributed by atoms with Gasteiger partial charge in [-0.1, -0.05) is 12.1 Å². The van der Waals surface area contributed by atoms with Crippen LogP contribution < -0.4 is 0 Å². The Morgan fingerprint density at radius 1 is 1.08 bits per heavy atom. The number of piperidine rings is 1. The zero-order valence-corrected chi connectivity index (χ0v) is 13.7. The third kappa shape index (κ3) is 3.13. The minimum absolute atomic E-state index is 0.0512. The predicted octanol–water partition coefficient (Wildman–Crippen LogP) is 2.42. The molecule has 0 N–H and O–H groups in total. The van der Waals surface area contributed by atoms with Gasteiger partial charge in [0.25, 0.3) is 5.91 Å². The maximum absolute atomic E-state index is 13.1. The van der Waals surface area contributed by atoms with E-state index < -0.39 is 0 Å². The molecule has 7 nitrogen and oxygen atoms in total. The number of pyridine rings is 2. The van der Waals surface area contributed by atoms with Crippen molar-refractivity contribution in [2.75, 3.05) is 6.54 Å².